The van der Waals surface area contributed by atoms with Crippen LogP contribution in [0.1, 0.15) is 40.0 Å². The molecule has 0 radical (unpaired) electrons. The number of carbonyl (C=O) groups is 2. The Labute approximate surface area is 159 Å². The molecule has 4 rings (SSSR count). The number of ketones is 2. The zero-order chi connectivity index (χ0) is 18.2. The van der Waals surface area contributed by atoms with Crippen molar-refractivity contribution in [2.75, 3.05) is 0 Å². The van der Waals surface area contributed by atoms with Crippen LogP contribution in [-0.2, 0) is 9.59 Å². The van der Waals surface area contributed by atoms with E-state index in [1.165, 1.54) is 0 Å². The van der Waals surface area contributed by atoms with Gasteiger partial charge in [-0.2, -0.15) is 0 Å². The van der Waals surface area contributed by atoms with Crippen molar-refractivity contribution in [1.29, 1.82) is 0 Å². The van der Waals surface area contributed by atoms with Crippen LogP contribution < -0.4 is 0 Å². The lowest BCUT2D eigenvalue weighted by molar-refractivity contribution is -0.125. The summed E-state index contributed by atoms with van der Waals surface area (Å²) in [4.78, 5) is 23.4. The fourth-order valence-electron chi connectivity index (χ4n) is 6.27. The van der Waals surface area contributed by atoms with E-state index >= 15 is 0 Å². The highest BCUT2D eigenvalue weighted by molar-refractivity contribution is 6.34. The lowest BCUT2D eigenvalue weighted by Gasteiger charge is -2.61. The lowest BCUT2D eigenvalue weighted by Crippen LogP contribution is -2.63. The SMILES string of the molecule is CC(=O)[C@H]1CC[C@H]2[C@@H]3C=CC4=CC(=O)C=C[C@]4(C)[C@@]3(Cl)[C@@H](Cl)C[C@]12C. The number of fused-ring (bicyclic) bond motifs is 5. The number of hydrogen-bond donors (Lipinski definition) is 0. The van der Waals surface area contributed by atoms with Crippen molar-refractivity contribution >= 4 is 34.8 Å². The standard InChI is InChI=1S/C21H24Cl2O2/c1-12(24)15-6-7-16-17-5-4-13-10-14(25)8-9-20(13,3)21(17,23)18(22)11-19(15,16)2/h4-5,8-10,15-18H,6-7,11H2,1-3H3/t15-,16+,17+,18+,19-,20+,21+/m1/s1. The molecule has 134 valence electrons. The van der Waals surface area contributed by atoms with Gasteiger partial charge >= 0.3 is 0 Å². The maximum Gasteiger partial charge on any atom is 0.178 e. The second kappa shape index (κ2) is 5.33. The van der Waals surface area contributed by atoms with E-state index in [1.807, 2.05) is 6.08 Å². The first-order chi connectivity index (χ1) is 11.6. The second-order valence-electron chi connectivity index (χ2n) is 8.72. The zero-order valence-corrected chi connectivity index (χ0v) is 16.4. The third kappa shape index (κ3) is 2.04. The molecule has 4 heteroatoms. The van der Waals surface area contributed by atoms with Gasteiger partial charge in [0.1, 0.15) is 5.78 Å². The molecule has 0 unspecified atom stereocenters. The first-order valence-corrected chi connectivity index (χ1v) is 9.93. The minimum Gasteiger partial charge on any atom is -0.300 e. The fraction of sp³-hybridized carbons (Fsp3) is 0.619. The summed E-state index contributed by atoms with van der Waals surface area (Å²) in [6.45, 7) is 6.03. The van der Waals surface area contributed by atoms with E-state index in [1.54, 1.807) is 19.1 Å². The molecule has 0 heterocycles. The molecule has 0 spiro atoms. The first-order valence-electron chi connectivity index (χ1n) is 9.11. The number of Topliss-reactive ketones (excluding diaryl/α,β-unsaturated/α-hetero) is 1. The van der Waals surface area contributed by atoms with Gasteiger partial charge in [-0.3, -0.25) is 9.59 Å². The number of allylic oxidation sites excluding steroid dienone is 6. The maximum atomic E-state index is 12.2. The van der Waals surface area contributed by atoms with Gasteiger partial charge in [0.2, 0.25) is 0 Å². The van der Waals surface area contributed by atoms with Gasteiger partial charge in [0.05, 0.1) is 10.3 Å². The van der Waals surface area contributed by atoms with E-state index in [4.69, 9.17) is 23.2 Å². The molecule has 2 saturated carbocycles. The van der Waals surface area contributed by atoms with Crippen molar-refractivity contribution in [3.8, 4) is 0 Å². The Morgan fingerprint density at radius 2 is 1.96 bits per heavy atom. The van der Waals surface area contributed by atoms with Crippen LogP contribution in [0, 0.1) is 28.6 Å². The number of alkyl halides is 2. The Balaban J connectivity index is 1.86. The summed E-state index contributed by atoms with van der Waals surface area (Å²) in [5.74, 6) is 0.779. The van der Waals surface area contributed by atoms with E-state index < -0.39 is 10.3 Å². The van der Waals surface area contributed by atoms with Crippen molar-refractivity contribution in [2.45, 2.75) is 50.3 Å². The Morgan fingerprint density at radius 3 is 2.64 bits per heavy atom. The van der Waals surface area contributed by atoms with Crippen LogP contribution in [0.25, 0.3) is 0 Å². The van der Waals surface area contributed by atoms with Gasteiger partial charge in [-0.25, -0.2) is 0 Å². The van der Waals surface area contributed by atoms with Crippen LogP contribution in [0.5, 0.6) is 0 Å². The third-order valence-electron chi connectivity index (χ3n) is 7.65. The van der Waals surface area contributed by atoms with Crippen LogP contribution in [0.2, 0.25) is 0 Å². The molecular weight excluding hydrogens is 355 g/mol. The highest BCUT2D eigenvalue weighted by Crippen LogP contribution is 2.69. The van der Waals surface area contributed by atoms with Crippen molar-refractivity contribution in [3.05, 3.63) is 36.0 Å². The van der Waals surface area contributed by atoms with Crippen LogP contribution in [-0.4, -0.2) is 21.8 Å². The van der Waals surface area contributed by atoms with Gasteiger partial charge in [-0.1, -0.05) is 32.1 Å². The average Bonchev–Trinajstić information content (AvgIpc) is 2.87. The number of hydrogen-bond acceptors (Lipinski definition) is 2. The molecule has 0 aromatic rings. The summed E-state index contributed by atoms with van der Waals surface area (Å²) in [6.07, 6.45) is 12.1. The van der Waals surface area contributed by atoms with Gasteiger partial charge in [-0.15, -0.1) is 23.2 Å². The van der Waals surface area contributed by atoms with E-state index in [-0.39, 0.29) is 34.2 Å². The number of halogens is 2. The molecule has 2 fully saturated rings. The summed E-state index contributed by atoms with van der Waals surface area (Å²) < 4.78 is 0. The predicted molar refractivity (Wildman–Crippen MR) is 101 cm³/mol. The van der Waals surface area contributed by atoms with Crippen molar-refractivity contribution in [2.24, 2.45) is 28.6 Å². The van der Waals surface area contributed by atoms with Crippen molar-refractivity contribution in [1.82, 2.24) is 0 Å². The van der Waals surface area contributed by atoms with Crippen molar-refractivity contribution < 1.29 is 9.59 Å². The van der Waals surface area contributed by atoms with Crippen LogP contribution in [0.3, 0.4) is 0 Å². The molecule has 0 saturated heterocycles. The summed E-state index contributed by atoms with van der Waals surface area (Å²) in [7, 11) is 0. The molecule has 0 aliphatic heterocycles. The lowest BCUT2D eigenvalue weighted by atomic mass is 9.48. The molecule has 0 amide bonds. The van der Waals surface area contributed by atoms with Gasteiger partial charge < -0.3 is 0 Å². The number of rotatable bonds is 1. The largest absolute Gasteiger partial charge is 0.300 e. The molecule has 7 atom stereocenters. The topological polar surface area (TPSA) is 34.1 Å². The number of carbonyl (C=O) groups excluding carboxylic acids is 2. The van der Waals surface area contributed by atoms with E-state index in [0.29, 0.717) is 5.92 Å². The average molecular weight is 379 g/mol. The van der Waals surface area contributed by atoms with Gasteiger partial charge in [0.25, 0.3) is 0 Å². The molecule has 25 heavy (non-hydrogen) atoms. The maximum absolute atomic E-state index is 12.2. The minimum absolute atomic E-state index is 0.000113. The van der Waals surface area contributed by atoms with E-state index in [9.17, 15) is 9.59 Å². The Kier molecular flexibility index (Phi) is 3.74. The summed E-state index contributed by atoms with van der Waals surface area (Å²) in [5.41, 5.74) is 0.378. The molecule has 2 nitrogen and oxygen atoms in total. The monoisotopic (exact) mass is 378 g/mol. The molecule has 4 aliphatic rings. The molecule has 4 aliphatic carbocycles. The predicted octanol–water partition coefficient (Wildman–Crippen LogP) is 4.85. The van der Waals surface area contributed by atoms with Gasteiger partial charge in [0, 0.05) is 17.3 Å². The third-order valence-corrected chi connectivity index (χ3v) is 9.17. The fourth-order valence-corrected chi connectivity index (χ4v) is 7.45. The van der Waals surface area contributed by atoms with Gasteiger partial charge in [-0.05, 0) is 55.2 Å². The van der Waals surface area contributed by atoms with Crippen LogP contribution >= 0.6 is 23.2 Å². The first kappa shape index (κ1) is 17.5. The molecule has 0 aromatic heterocycles. The van der Waals surface area contributed by atoms with Crippen LogP contribution in [0.15, 0.2) is 36.0 Å². The van der Waals surface area contributed by atoms with Crippen molar-refractivity contribution in [3.63, 3.8) is 0 Å². The smallest absolute Gasteiger partial charge is 0.178 e. The Morgan fingerprint density at radius 1 is 1.24 bits per heavy atom. The van der Waals surface area contributed by atoms with Gasteiger partial charge in [0.15, 0.2) is 5.78 Å². The summed E-state index contributed by atoms with van der Waals surface area (Å²) in [6, 6.07) is 0. The van der Waals surface area contributed by atoms with Crippen LogP contribution in [0.4, 0.5) is 0 Å². The molecule has 0 aromatic carbocycles. The van der Waals surface area contributed by atoms with E-state index in [0.717, 1.165) is 24.8 Å². The molecular formula is C21H24Cl2O2. The Hall–Kier alpha value is -0.860. The zero-order valence-electron chi connectivity index (χ0n) is 14.9. The summed E-state index contributed by atoms with van der Waals surface area (Å²) in [5, 5.41) is -0.267. The highest BCUT2D eigenvalue weighted by atomic mass is 35.5. The summed E-state index contributed by atoms with van der Waals surface area (Å²) >= 11 is 14.4. The highest BCUT2D eigenvalue weighted by Gasteiger charge is 2.68. The second-order valence-corrected chi connectivity index (χ2v) is 9.87. The minimum atomic E-state index is -0.678. The quantitative estimate of drug-likeness (QED) is 0.610. The van der Waals surface area contributed by atoms with E-state index in [2.05, 4.69) is 26.0 Å². The normalized spacial score (nSPS) is 50.8. The molecule has 0 N–H and O–H groups in total. The molecule has 0 bridgehead atoms. The Bertz CT molecular complexity index is 751.